The third-order valence-electron chi connectivity index (χ3n) is 5.90. The zero-order valence-electron chi connectivity index (χ0n) is 14.1. The Balaban J connectivity index is 1.74. The summed E-state index contributed by atoms with van der Waals surface area (Å²) < 4.78 is 6.18. The minimum Gasteiger partial charge on any atom is -0.394 e. The van der Waals surface area contributed by atoms with Gasteiger partial charge in [-0.1, -0.05) is 39.5 Å². The average molecular weight is 297 g/mol. The molecule has 0 aromatic heterocycles. The van der Waals surface area contributed by atoms with E-state index in [1.165, 1.54) is 44.9 Å². The van der Waals surface area contributed by atoms with Crippen LogP contribution >= 0.6 is 0 Å². The number of ether oxygens (including phenoxy) is 1. The van der Waals surface area contributed by atoms with Crippen LogP contribution in [-0.4, -0.2) is 36.5 Å². The fourth-order valence-electron chi connectivity index (χ4n) is 4.55. The molecule has 4 unspecified atom stereocenters. The summed E-state index contributed by atoms with van der Waals surface area (Å²) in [6, 6.07) is 0. The van der Waals surface area contributed by atoms with E-state index in [1.807, 2.05) is 0 Å². The molecule has 0 saturated heterocycles. The highest BCUT2D eigenvalue weighted by atomic mass is 16.5. The molecule has 0 amide bonds. The fourth-order valence-corrected chi connectivity index (χ4v) is 4.55. The first-order valence-electron chi connectivity index (χ1n) is 9.21. The summed E-state index contributed by atoms with van der Waals surface area (Å²) in [7, 11) is 0. The number of hydrogen-bond donors (Lipinski definition) is 2. The molecule has 0 spiro atoms. The average Bonchev–Trinajstić information content (AvgIpc) is 2.91. The molecule has 0 bridgehead atoms. The van der Waals surface area contributed by atoms with Gasteiger partial charge in [0.1, 0.15) is 0 Å². The topological polar surface area (TPSA) is 41.5 Å². The van der Waals surface area contributed by atoms with Crippen LogP contribution in [0.25, 0.3) is 0 Å². The Bertz CT molecular complexity index is 297. The van der Waals surface area contributed by atoms with Crippen molar-refractivity contribution in [2.75, 3.05) is 19.8 Å². The monoisotopic (exact) mass is 297 g/mol. The number of rotatable bonds is 8. The summed E-state index contributed by atoms with van der Waals surface area (Å²) in [4.78, 5) is 0. The standard InChI is InChI=1S/C18H35NO2/c1-3-15-7-5-9-17(13-15)21-12-10-16-8-6-11-18(16,14-20)19-4-2/h15-17,19-20H,3-14H2,1-2H3. The molecule has 21 heavy (non-hydrogen) atoms. The minimum atomic E-state index is -0.0311. The van der Waals surface area contributed by atoms with E-state index in [2.05, 4.69) is 19.2 Å². The van der Waals surface area contributed by atoms with Gasteiger partial charge in [-0.15, -0.1) is 0 Å². The van der Waals surface area contributed by atoms with Gasteiger partial charge in [-0.05, 0) is 50.5 Å². The maximum absolute atomic E-state index is 9.83. The smallest absolute Gasteiger partial charge is 0.0616 e. The molecule has 2 aliphatic carbocycles. The molecule has 3 nitrogen and oxygen atoms in total. The second kappa shape index (κ2) is 8.50. The molecular formula is C18H35NO2. The van der Waals surface area contributed by atoms with Gasteiger partial charge in [0.05, 0.1) is 12.7 Å². The van der Waals surface area contributed by atoms with Crippen LogP contribution in [-0.2, 0) is 4.74 Å². The summed E-state index contributed by atoms with van der Waals surface area (Å²) in [5, 5.41) is 13.4. The van der Waals surface area contributed by atoms with Crippen LogP contribution in [0.5, 0.6) is 0 Å². The van der Waals surface area contributed by atoms with Crippen LogP contribution in [0.2, 0.25) is 0 Å². The summed E-state index contributed by atoms with van der Waals surface area (Å²) in [5.41, 5.74) is -0.0311. The lowest BCUT2D eigenvalue weighted by Gasteiger charge is -2.35. The molecule has 0 heterocycles. The Morgan fingerprint density at radius 3 is 2.76 bits per heavy atom. The number of aliphatic hydroxyl groups is 1. The third-order valence-corrected chi connectivity index (χ3v) is 5.90. The third kappa shape index (κ3) is 4.43. The number of aliphatic hydroxyl groups excluding tert-OH is 1. The van der Waals surface area contributed by atoms with E-state index in [0.29, 0.717) is 12.0 Å². The number of hydrogen-bond acceptors (Lipinski definition) is 3. The van der Waals surface area contributed by atoms with Gasteiger partial charge < -0.3 is 15.2 Å². The Morgan fingerprint density at radius 1 is 1.19 bits per heavy atom. The van der Waals surface area contributed by atoms with Crippen LogP contribution in [0.4, 0.5) is 0 Å². The lowest BCUT2D eigenvalue weighted by atomic mass is 9.84. The predicted molar refractivity (Wildman–Crippen MR) is 87.4 cm³/mol. The Morgan fingerprint density at radius 2 is 2.05 bits per heavy atom. The summed E-state index contributed by atoms with van der Waals surface area (Å²) in [5.74, 6) is 1.46. The van der Waals surface area contributed by atoms with E-state index in [0.717, 1.165) is 31.9 Å². The predicted octanol–water partition coefficient (Wildman–Crippen LogP) is 3.50. The van der Waals surface area contributed by atoms with Gasteiger partial charge in [-0.25, -0.2) is 0 Å². The number of likely N-dealkylation sites (N-methyl/N-ethyl adjacent to an activating group) is 1. The van der Waals surface area contributed by atoms with Crippen LogP contribution in [0.15, 0.2) is 0 Å². The van der Waals surface area contributed by atoms with Crippen molar-refractivity contribution < 1.29 is 9.84 Å². The molecule has 3 heteroatoms. The maximum Gasteiger partial charge on any atom is 0.0616 e. The zero-order chi connectivity index (χ0) is 15.1. The number of nitrogens with one attached hydrogen (secondary N) is 1. The van der Waals surface area contributed by atoms with Crippen molar-refractivity contribution in [2.45, 2.75) is 83.3 Å². The van der Waals surface area contributed by atoms with Crippen LogP contribution in [0.3, 0.4) is 0 Å². The molecular weight excluding hydrogens is 262 g/mol. The van der Waals surface area contributed by atoms with Crippen molar-refractivity contribution in [2.24, 2.45) is 11.8 Å². The molecule has 0 aliphatic heterocycles. The van der Waals surface area contributed by atoms with E-state index >= 15 is 0 Å². The molecule has 2 saturated carbocycles. The first kappa shape index (κ1) is 17.2. The van der Waals surface area contributed by atoms with Crippen molar-refractivity contribution in [3.05, 3.63) is 0 Å². The zero-order valence-corrected chi connectivity index (χ0v) is 14.1. The summed E-state index contributed by atoms with van der Waals surface area (Å²) in [6.07, 6.45) is 11.7. The molecule has 0 aromatic carbocycles. The SMILES string of the molecule is CCNC1(CO)CCCC1CCOC1CCCC(CC)C1. The fraction of sp³-hybridized carbons (Fsp3) is 1.00. The van der Waals surface area contributed by atoms with Crippen LogP contribution < -0.4 is 5.32 Å². The van der Waals surface area contributed by atoms with Crippen molar-refractivity contribution in [3.8, 4) is 0 Å². The maximum atomic E-state index is 9.83. The van der Waals surface area contributed by atoms with Gasteiger partial charge in [0, 0.05) is 12.1 Å². The van der Waals surface area contributed by atoms with Crippen molar-refractivity contribution in [3.63, 3.8) is 0 Å². The van der Waals surface area contributed by atoms with Gasteiger partial charge in [0.15, 0.2) is 0 Å². The molecule has 2 N–H and O–H groups in total. The van der Waals surface area contributed by atoms with Gasteiger partial charge in [0.2, 0.25) is 0 Å². The highest BCUT2D eigenvalue weighted by molar-refractivity contribution is 4.98. The molecule has 2 rings (SSSR count). The summed E-state index contributed by atoms with van der Waals surface area (Å²) >= 11 is 0. The minimum absolute atomic E-state index is 0.0311. The molecule has 124 valence electrons. The van der Waals surface area contributed by atoms with E-state index in [9.17, 15) is 5.11 Å². The van der Waals surface area contributed by atoms with E-state index in [1.54, 1.807) is 0 Å². The van der Waals surface area contributed by atoms with E-state index in [-0.39, 0.29) is 12.1 Å². The second-order valence-electron chi connectivity index (χ2n) is 7.16. The summed E-state index contributed by atoms with van der Waals surface area (Å²) in [6.45, 7) is 6.53. The van der Waals surface area contributed by atoms with Crippen LogP contribution in [0.1, 0.15) is 71.6 Å². The van der Waals surface area contributed by atoms with Gasteiger partial charge >= 0.3 is 0 Å². The lowest BCUT2D eigenvalue weighted by Crippen LogP contribution is -2.51. The Hall–Kier alpha value is -0.120. The van der Waals surface area contributed by atoms with Crippen molar-refractivity contribution in [1.82, 2.24) is 5.32 Å². The Kier molecular flexibility index (Phi) is 6.97. The normalized spacial score (nSPS) is 37.0. The van der Waals surface area contributed by atoms with E-state index < -0.39 is 0 Å². The lowest BCUT2D eigenvalue weighted by molar-refractivity contribution is -0.000840. The first-order valence-corrected chi connectivity index (χ1v) is 9.21. The van der Waals surface area contributed by atoms with Gasteiger partial charge in [-0.2, -0.15) is 0 Å². The second-order valence-corrected chi connectivity index (χ2v) is 7.16. The van der Waals surface area contributed by atoms with Crippen LogP contribution in [0, 0.1) is 11.8 Å². The highest BCUT2D eigenvalue weighted by Crippen LogP contribution is 2.38. The molecule has 0 aromatic rings. The van der Waals surface area contributed by atoms with Crippen molar-refractivity contribution in [1.29, 1.82) is 0 Å². The highest BCUT2D eigenvalue weighted by Gasteiger charge is 2.41. The molecule has 4 atom stereocenters. The van der Waals surface area contributed by atoms with E-state index in [4.69, 9.17) is 4.74 Å². The molecule has 2 fully saturated rings. The molecule has 2 aliphatic rings. The quantitative estimate of drug-likeness (QED) is 0.720. The molecule has 0 radical (unpaired) electrons. The van der Waals surface area contributed by atoms with Gasteiger partial charge in [0.25, 0.3) is 0 Å². The van der Waals surface area contributed by atoms with Crippen molar-refractivity contribution >= 4 is 0 Å². The Labute approximate surface area is 130 Å². The first-order chi connectivity index (χ1) is 10.2. The largest absolute Gasteiger partial charge is 0.394 e. The van der Waals surface area contributed by atoms with Gasteiger partial charge in [-0.3, -0.25) is 0 Å².